The Kier molecular flexibility index (Phi) is 3.63. The van der Waals surface area contributed by atoms with Crippen LogP contribution in [0.3, 0.4) is 0 Å². The zero-order chi connectivity index (χ0) is 12.3. The normalized spacial score (nSPS) is 16.2. The Morgan fingerprint density at radius 1 is 1.41 bits per heavy atom. The Balaban J connectivity index is 2.27. The molecular weight excluding hydrogens is 218 g/mol. The van der Waals surface area contributed by atoms with E-state index in [4.69, 9.17) is 5.73 Å². The fourth-order valence-electron chi connectivity index (χ4n) is 2.02. The maximum absolute atomic E-state index is 11.9. The van der Waals surface area contributed by atoms with Gasteiger partial charge in [-0.2, -0.15) is 4.98 Å². The molecule has 1 aliphatic rings. The molecule has 1 aliphatic heterocycles. The molecule has 0 aliphatic carbocycles. The van der Waals surface area contributed by atoms with E-state index in [1.165, 1.54) is 0 Å². The lowest BCUT2D eigenvalue weighted by molar-refractivity contribution is 0.579. The molecule has 0 amide bonds. The molecule has 0 bridgehead atoms. The first-order chi connectivity index (χ1) is 8.22. The molecule has 0 radical (unpaired) electrons. The summed E-state index contributed by atoms with van der Waals surface area (Å²) < 4.78 is 0. The number of piperazine rings is 1. The van der Waals surface area contributed by atoms with Gasteiger partial charge >= 0.3 is 0 Å². The van der Waals surface area contributed by atoms with Crippen molar-refractivity contribution in [2.45, 2.75) is 19.8 Å². The summed E-state index contributed by atoms with van der Waals surface area (Å²) in [5, 5.41) is 3.25. The number of aromatic amines is 1. The van der Waals surface area contributed by atoms with Gasteiger partial charge in [0.05, 0.1) is 5.56 Å². The van der Waals surface area contributed by atoms with E-state index in [1.807, 2.05) is 11.8 Å². The lowest BCUT2D eigenvalue weighted by Gasteiger charge is -2.28. The minimum absolute atomic E-state index is 0.104. The van der Waals surface area contributed by atoms with Gasteiger partial charge in [-0.05, 0) is 6.42 Å². The smallest absolute Gasteiger partial charge is 0.257 e. The summed E-state index contributed by atoms with van der Waals surface area (Å²) in [5.74, 6) is 0.956. The molecule has 0 unspecified atom stereocenters. The Hall–Kier alpha value is -1.56. The van der Waals surface area contributed by atoms with Crippen molar-refractivity contribution < 1.29 is 0 Å². The quantitative estimate of drug-likeness (QED) is 0.672. The predicted molar refractivity (Wildman–Crippen MR) is 68.3 cm³/mol. The number of hydrogen-bond acceptors (Lipinski definition) is 5. The molecule has 0 atom stereocenters. The van der Waals surface area contributed by atoms with Gasteiger partial charge in [0, 0.05) is 26.2 Å². The van der Waals surface area contributed by atoms with Crippen LogP contribution in [0.2, 0.25) is 0 Å². The Morgan fingerprint density at radius 2 is 2.12 bits per heavy atom. The van der Waals surface area contributed by atoms with Crippen LogP contribution in [-0.4, -0.2) is 36.1 Å². The molecule has 1 aromatic rings. The average molecular weight is 237 g/mol. The Morgan fingerprint density at radius 3 is 2.71 bits per heavy atom. The van der Waals surface area contributed by atoms with Gasteiger partial charge in [-0.3, -0.25) is 9.78 Å². The third-order valence-electron chi connectivity index (χ3n) is 2.95. The van der Waals surface area contributed by atoms with Gasteiger partial charge in [-0.25, -0.2) is 0 Å². The highest BCUT2D eigenvalue weighted by atomic mass is 16.1. The van der Waals surface area contributed by atoms with Gasteiger partial charge in [0.1, 0.15) is 5.82 Å². The molecule has 1 fully saturated rings. The summed E-state index contributed by atoms with van der Waals surface area (Å²) >= 11 is 0. The SMILES string of the molecule is CCCc1c(N)nc(N2CCNCC2)[nH]c1=O. The first-order valence-corrected chi connectivity index (χ1v) is 6.06. The average Bonchev–Trinajstić information content (AvgIpc) is 2.35. The van der Waals surface area contributed by atoms with E-state index >= 15 is 0 Å². The number of rotatable bonds is 3. The third-order valence-corrected chi connectivity index (χ3v) is 2.95. The van der Waals surface area contributed by atoms with Crippen molar-refractivity contribution in [3.63, 3.8) is 0 Å². The molecule has 6 nitrogen and oxygen atoms in total. The second-order valence-electron chi connectivity index (χ2n) is 4.24. The monoisotopic (exact) mass is 237 g/mol. The van der Waals surface area contributed by atoms with Crippen LogP contribution in [0.1, 0.15) is 18.9 Å². The third kappa shape index (κ3) is 2.58. The highest BCUT2D eigenvalue weighted by Crippen LogP contribution is 2.11. The van der Waals surface area contributed by atoms with Crippen LogP contribution in [0.4, 0.5) is 11.8 Å². The molecule has 0 saturated carbocycles. The van der Waals surface area contributed by atoms with Crippen LogP contribution in [0.25, 0.3) is 0 Å². The summed E-state index contributed by atoms with van der Waals surface area (Å²) in [4.78, 5) is 21.0. The zero-order valence-electron chi connectivity index (χ0n) is 10.1. The van der Waals surface area contributed by atoms with Crippen LogP contribution in [0, 0.1) is 0 Å². The lowest BCUT2D eigenvalue weighted by atomic mass is 10.2. The van der Waals surface area contributed by atoms with Crippen molar-refractivity contribution in [1.29, 1.82) is 0 Å². The van der Waals surface area contributed by atoms with Gasteiger partial charge < -0.3 is 16.0 Å². The Labute approximate surface area is 100 Å². The fourth-order valence-corrected chi connectivity index (χ4v) is 2.02. The fraction of sp³-hybridized carbons (Fsp3) is 0.636. The summed E-state index contributed by atoms with van der Waals surface area (Å²) in [5.41, 5.74) is 6.34. The van der Waals surface area contributed by atoms with Crippen LogP contribution in [0.5, 0.6) is 0 Å². The molecule has 0 aromatic carbocycles. The van der Waals surface area contributed by atoms with Crippen LogP contribution in [-0.2, 0) is 6.42 Å². The van der Waals surface area contributed by atoms with E-state index in [1.54, 1.807) is 0 Å². The van der Waals surface area contributed by atoms with Crippen molar-refractivity contribution in [2.24, 2.45) is 0 Å². The van der Waals surface area contributed by atoms with Crippen LogP contribution >= 0.6 is 0 Å². The summed E-state index contributed by atoms with van der Waals surface area (Å²) in [6, 6.07) is 0. The zero-order valence-corrected chi connectivity index (χ0v) is 10.1. The molecule has 6 heteroatoms. The summed E-state index contributed by atoms with van der Waals surface area (Å²) in [7, 11) is 0. The number of hydrogen-bond donors (Lipinski definition) is 3. The number of nitrogens with zero attached hydrogens (tertiary/aromatic N) is 2. The number of nitrogens with two attached hydrogens (primary N) is 1. The number of aromatic nitrogens is 2. The Bertz CT molecular complexity index is 436. The maximum Gasteiger partial charge on any atom is 0.257 e. The lowest BCUT2D eigenvalue weighted by Crippen LogP contribution is -2.45. The molecule has 1 saturated heterocycles. The first kappa shape index (κ1) is 11.9. The largest absolute Gasteiger partial charge is 0.383 e. The molecule has 1 aromatic heterocycles. The standard InChI is InChI=1S/C11H19N5O/c1-2-3-8-9(12)14-11(15-10(8)17)16-6-4-13-5-7-16/h13H,2-7H2,1H3,(H3,12,14,15,17). The van der Waals surface area contributed by atoms with E-state index in [9.17, 15) is 4.79 Å². The van der Waals surface area contributed by atoms with Crippen molar-refractivity contribution in [2.75, 3.05) is 36.8 Å². The topological polar surface area (TPSA) is 87.0 Å². The summed E-state index contributed by atoms with van der Waals surface area (Å²) in [6.45, 7) is 5.51. The molecule has 94 valence electrons. The molecule has 2 rings (SSSR count). The maximum atomic E-state index is 11.9. The van der Waals surface area contributed by atoms with Gasteiger partial charge in [-0.15, -0.1) is 0 Å². The van der Waals surface area contributed by atoms with E-state index < -0.39 is 0 Å². The van der Waals surface area contributed by atoms with E-state index in [2.05, 4.69) is 15.3 Å². The van der Waals surface area contributed by atoms with Crippen LogP contribution < -0.4 is 21.5 Å². The minimum atomic E-state index is -0.104. The highest BCUT2D eigenvalue weighted by molar-refractivity contribution is 5.44. The molecule has 0 spiro atoms. The van der Waals surface area contributed by atoms with Crippen molar-refractivity contribution in [3.8, 4) is 0 Å². The predicted octanol–water partition coefficient (Wildman–Crippen LogP) is -0.286. The number of anilines is 2. The van der Waals surface area contributed by atoms with Crippen molar-refractivity contribution in [1.82, 2.24) is 15.3 Å². The van der Waals surface area contributed by atoms with Gasteiger partial charge in [0.15, 0.2) is 0 Å². The second kappa shape index (κ2) is 5.18. The van der Waals surface area contributed by atoms with Gasteiger partial charge in [-0.1, -0.05) is 13.3 Å². The number of nitrogen functional groups attached to an aromatic ring is 1. The summed E-state index contributed by atoms with van der Waals surface area (Å²) in [6.07, 6.45) is 1.57. The van der Waals surface area contributed by atoms with E-state index in [-0.39, 0.29) is 5.56 Å². The highest BCUT2D eigenvalue weighted by Gasteiger charge is 2.15. The van der Waals surface area contributed by atoms with Crippen LogP contribution in [0.15, 0.2) is 4.79 Å². The number of nitrogens with one attached hydrogen (secondary N) is 2. The van der Waals surface area contributed by atoms with Gasteiger partial charge in [0.25, 0.3) is 5.56 Å². The first-order valence-electron chi connectivity index (χ1n) is 6.06. The minimum Gasteiger partial charge on any atom is -0.383 e. The van der Waals surface area contributed by atoms with Gasteiger partial charge in [0.2, 0.25) is 5.95 Å². The second-order valence-corrected chi connectivity index (χ2v) is 4.24. The van der Waals surface area contributed by atoms with E-state index in [0.29, 0.717) is 23.8 Å². The van der Waals surface area contributed by atoms with Crippen molar-refractivity contribution >= 4 is 11.8 Å². The number of H-pyrrole nitrogens is 1. The van der Waals surface area contributed by atoms with Crippen molar-refractivity contribution in [3.05, 3.63) is 15.9 Å². The molecule has 2 heterocycles. The molecular formula is C11H19N5O. The molecule has 4 N–H and O–H groups in total. The van der Waals surface area contributed by atoms with E-state index in [0.717, 1.165) is 32.6 Å². The molecule has 17 heavy (non-hydrogen) atoms.